The van der Waals surface area contributed by atoms with Crippen LogP contribution < -0.4 is 19.9 Å². The molecule has 8 nitrogen and oxygen atoms in total. The highest BCUT2D eigenvalue weighted by atomic mass is 32.2. The second kappa shape index (κ2) is 10.5. The Morgan fingerprint density at radius 2 is 1.63 bits per heavy atom. The number of nitrogens with two attached hydrogens (primary N) is 1. The number of thioether (sulfide) groups is 1. The molecule has 4 rings (SSSR count). The minimum atomic E-state index is -0.488. The summed E-state index contributed by atoms with van der Waals surface area (Å²) in [5, 5.41) is 9.20. The zero-order chi connectivity index (χ0) is 24.9. The molecular weight excluding hydrogens is 471 g/mol. The second-order valence-electron chi connectivity index (χ2n) is 7.36. The lowest BCUT2D eigenvalue weighted by Gasteiger charge is -2.15. The summed E-state index contributed by atoms with van der Waals surface area (Å²) in [7, 11) is 4.56. The fourth-order valence-electron chi connectivity index (χ4n) is 3.52. The van der Waals surface area contributed by atoms with Crippen molar-refractivity contribution in [3.05, 3.63) is 77.6 Å². The molecule has 10 heteroatoms. The molecule has 3 aromatic carbocycles. The van der Waals surface area contributed by atoms with Gasteiger partial charge in [-0.15, -0.1) is 10.2 Å². The number of primary amides is 1. The smallest absolute Gasteiger partial charge is 0.248 e. The summed E-state index contributed by atoms with van der Waals surface area (Å²) in [6, 6.07) is 16.8. The van der Waals surface area contributed by atoms with E-state index in [-0.39, 0.29) is 0 Å². The van der Waals surface area contributed by atoms with Crippen LogP contribution in [0.1, 0.15) is 15.9 Å². The first-order chi connectivity index (χ1) is 17.0. The average Bonchev–Trinajstić information content (AvgIpc) is 3.30. The van der Waals surface area contributed by atoms with Gasteiger partial charge >= 0.3 is 0 Å². The maximum absolute atomic E-state index is 14.9. The number of ether oxygens (including phenoxy) is 3. The second-order valence-corrected chi connectivity index (χ2v) is 8.30. The lowest BCUT2D eigenvalue weighted by molar-refractivity contribution is 0.100. The van der Waals surface area contributed by atoms with E-state index in [9.17, 15) is 9.18 Å². The minimum Gasteiger partial charge on any atom is -0.493 e. The number of carbonyl (C=O) groups is 1. The van der Waals surface area contributed by atoms with Gasteiger partial charge in [-0.2, -0.15) is 0 Å². The lowest BCUT2D eigenvalue weighted by Crippen LogP contribution is -2.10. The third kappa shape index (κ3) is 4.92. The molecular formula is C25H23FN4O4S. The summed E-state index contributed by atoms with van der Waals surface area (Å²) in [4.78, 5) is 11.3. The molecule has 0 unspecified atom stereocenters. The van der Waals surface area contributed by atoms with Crippen LogP contribution in [0.3, 0.4) is 0 Å². The number of para-hydroxylation sites is 1. The van der Waals surface area contributed by atoms with Gasteiger partial charge < -0.3 is 19.9 Å². The van der Waals surface area contributed by atoms with Crippen molar-refractivity contribution in [1.29, 1.82) is 0 Å². The number of amides is 1. The Morgan fingerprint density at radius 1 is 0.971 bits per heavy atom. The molecule has 2 N–H and O–H groups in total. The van der Waals surface area contributed by atoms with Crippen molar-refractivity contribution in [3.63, 3.8) is 0 Å². The van der Waals surface area contributed by atoms with E-state index in [2.05, 4.69) is 10.2 Å². The van der Waals surface area contributed by atoms with Crippen molar-refractivity contribution < 1.29 is 23.4 Å². The molecule has 0 bridgehead atoms. The largest absolute Gasteiger partial charge is 0.493 e. The highest BCUT2D eigenvalue weighted by Crippen LogP contribution is 2.42. The van der Waals surface area contributed by atoms with Crippen LogP contribution in [0.5, 0.6) is 17.2 Å². The van der Waals surface area contributed by atoms with Crippen LogP contribution in [-0.4, -0.2) is 42.0 Å². The molecule has 0 radical (unpaired) electrons. The average molecular weight is 495 g/mol. The number of aromatic nitrogens is 3. The van der Waals surface area contributed by atoms with E-state index in [1.165, 1.54) is 39.2 Å². The maximum atomic E-state index is 14.9. The number of carbonyl (C=O) groups excluding carboxylic acids is 1. The summed E-state index contributed by atoms with van der Waals surface area (Å²) in [5.74, 6) is 1.32. The quantitative estimate of drug-likeness (QED) is 0.342. The molecule has 4 aromatic rings. The minimum absolute atomic E-state index is 0.299. The number of halogens is 1. The molecule has 1 aromatic heterocycles. The fraction of sp³-hybridized carbons (Fsp3) is 0.160. The van der Waals surface area contributed by atoms with Gasteiger partial charge in [0.25, 0.3) is 0 Å². The molecule has 0 saturated carbocycles. The van der Waals surface area contributed by atoms with Crippen LogP contribution in [0.15, 0.2) is 65.8 Å². The van der Waals surface area contributed by atoms with Crippen molar-refractivity contribution in [3.8, 4) is 34.3 Å². The number of nitrogens with zero attached hydrogens (tertiary/aromatic N) is 3. The van der Waals surface area contributed by atoms with Crippen molar-refractivity contribution >= 4 is 17.7 Å². The fourth-order valence-corrected chi connectivity index (χ4v) is 4.42. The molecule has 0 saturated heterocycles. The number of benzene rings is 3. The Kier molecular flexibility index (Phi) is 7.21. The summed E-state index contributed by atoms with van der Waals surface area (Å²) >= 11 is 1.38. The van der Waals surface area contributed by atoms with E-state index in [0.29, 0.717) is 50.8 Å². The predicted octanol–water partition coefficient (Wildman–Crippen LogP) is 4.49. The molecule has 0 atom stereocenters. The zero-order valence-electron chi connectivity index (χ0n) is 19.3. The van der Waals surface area contributed by atoms with Gasteiger partial charge in [-0.3, -0.25) is 9.36 Å². The first kappa shape index (κ1) is 24.1. The molecule has 0 fully saturated rings. The molecule has 0 aliphatic rings. The van der Waals surface area contributed by atoms with Gasteiger partial charge in [0.15, 0.2) is 22.5 Å². The Bertz CT molecular complexity index is 1330. The Morgan fingerprint density at radius 3 is 2.20 bits per heavy atom. The van der Waals surface area contributed by atoms with E-state index in [0.717, 1.165) is 5.56 Å². The third-order valence-corrected chi connectivity index (χ3v) is 6.26. The number of hydrogen-bond donors (Lipinski definition) is 1. The Hall–Kier alpha value is -4.05. The van der Waals surface area contributed by atoms with Crippen molar-refractivity contribution in [1.82, 2.24) is 14.8 Å². The van der Waals surface area contributed by atoms with E-state index in [1.54, 1.807) is 47.0 Å². The van der Waals surface area contributed by atoms with Gasteiger partial charge in [0.05, 0.1) is 27.0 Å². The van der Waals surface area contributed by atoms with E-state index in [4.69, 9.17) is 19.9 Å². The first-order valence-corrected chi connectivity index (χ1v) is 11.5. The SMILES string of the molecule is COc1cc(-c2nnc(SCc3ccc(C(N)=O)cc3)n2-c2ccccc2F)cc(OC)c1OC. The van der Waals surface area contributed by atoms with Crippen molar-refractivity contribution in [2.24, 2.45) is 5.73 Å². The molecule has 180 valence electrons. The van der Waals surface area contributed by atoms with Gasteiger partial charge in [0.2, 0.25) is 11.7 Å². The molecule has 1 amide bonds. The Labute approximate surface area is 205 Å². The maximum Gasteiger partial charge on any atom is 0.248 e. The van der Waals surface area contributed by atoms with Crippen LogP contribution in [0.4, 0.5) is 4.39 Å². The first-order valence-electron chi connectivity index (χ1n) is 10.5. The summed E-state index contributed by atoms with van der Waals surface area (Å²) in [6.07, 6.45) is 0. The predicted molar refractivity (Wildman–Crippen MR) is 131 cm³/mol. The summed E-state index contributed by atoms with van der Waals surface area (Å²) in [5.41, 5.74) is 7.59. The number of hydrogen-bond acceptors (Lipinski definition) is 7. The van der Waals surface area contributed by atoms with Crippen LogP contribution in [0, 0.1) is 5.82 Å². The molecule has 35 heavy (non-hydrogen) atoms. The normalized spacial score (nSPS) is 10.7. The molecule has 1 heterocycles. The highest BCUT2D eigenvalue weighted by molar-refractivity contribution is 7.98. The van der Waals surface area contributed by atoms with Crippen LogP contribution in [-0.2, 0) is 5.75 Å². The van der Waals surface area contributed by atoms with Gasteiger partial charge in [-0.05, 0) is 42.0 Å². The Balaban J connectivity index is 1.78. The molecule has 0 aliphatic carbocycles. The summed E-state index contributed by atoms with van der Waals surface area (Å²) < 4.78 is 32.9. The van der Waals surface area contributed by atoms with Crippen molar-refractivity contribution in [2.75, 3.05) is 21.3 Å². The lowest BCUT2D eigenvalue weighted by atomic mass is 10.1. The highest BCUT2D eigenvalue weighted by Gasteiger charge is 2.22. The van der Waals surface area contributed by atoms with Crippen LogP contribution in [0.25, 0.3) is 17.1 Å². The van der Waals surface area contributed by atoms with Crippen LogP contribution in [0.2, 0.25) is 0 Å². The number of methoxy groups -OCH3 is 3. The standard InChI is InChI=1S/C25H23FN4O4S/c1-32-20-12-17(13-21(33-2)22(20)34-3)24-28-29-25(30(24)19-7-5-4-6-18(19)26)35-14-15-8-10-16(11-9-15)23(27)31/h4-13H,14H2,1-3H3,(H2,27,31). The topological polar surface area (TPSA) is 101 Å². The monoisotopic (exact) mass is 494 g/mol. The van der Waals surface area contributed by atoms with E-state index < -0.39 is 11.7 Å². The third-order valence-electron chi connectivity index (χ3n) is 5.26. The number of rotatable bonds is 9. The van der Waals surface area contributed by atoms with Gasteiger partial charge in [-0.25, -0.2) is 4.39 Å². The summed E-state index contributed by atoms with van der Waals surface area (Å²) in [6.45, 7) is 0. The van der Waals surface area contributed by atoms with E-state index >= 15 is 0 Å². The van der Waals surface area contributed by atoms with Gasteiger partial charge in [0, 0.05) is 16.9 Å². The van der Waals surface area contributed by atoms with Crippen LogP contribution >= 0.6 is 11.8 Å². The zero-order valence-corrected chi connectivity index (χ0v) is 20.1. The molecule has 0 aliphatic heterocycles. The molecule has 0 spiro atoms. The van der Waals surface area contributed by atoms with E-state index in [1.807, 2.05) is 12.1 Å². The van der Waals surface area contributed by atoms with Gasteiger partial charge in [-0.1, -0.05) is 36.0 Å². The van der Waals surface area contributed by atoms with Crippen molar-refractivity contribution in [2.45, 2.75) is 10.9 Å². The van der Waals surface area contributed by atoms with Gasteiger partial charge in [0.1, 0.15) is 5.82 Å².